The topological polar surface area (TPSA) is 84.0 Å². The quantitative estimate of drug-likeness (QED) is 0.323. The Kier molecular flexibility index (Phi) is 8.75. The molecule has 0 radical (unpaired) electrons. The molecule has 0 aliphatic rings. The lowest BCUT2D eigenvalue weighted by atomic mass is 10.0. The number of hydrogen-bond acceptors (Lipinski definition) is 6. The van der Waals surface area contributed by atoms with Gasteiger partial charge in [-0.25, -0.2) is 4.39 Å². The number of amides is 2. The van der Waals surface area contributed by atoms with E-state index in [-0.39, 0.29) is 36.4 Å². The number of rotatable bonds is 10. The maximum absolute atomic E-state index is 13.0. The molecule has 9 heteroatoms. The molecular weight excluding hydrogens is 447 g/mol. The zero-order valence-corrected chi connectivity index (χ0v) is 19.6. The van der Waals surface area contributed by atoms with E-state index in [1.807, 2.05) is 19.1 Å². The van der Waals surface area contributed by atoms with Gasteiger partial charge in [0.05, 0.1) is 0 Å². The van der Waals surface area contributed by atoms with Crippen molar-refractivity contribution in [2.75, 3.05) is 11.9 Å². The van der Waals surface area contributed by atoms with Gasteiger partial charge in [0.1, 0.15) is 5.82 Å². The number of carbonyl (C=O) groups excluding carboxylic acids is 2. The second-order valence-electron chi connectivity index (χ2n) is 7.39. The molecule has 0 fully saturated rings. The van der Waals surface area contributed by atoms with Crippen molar-refractivity contribution in [2.45, 2.75) is 42.7 Å². The largest absolute Gasteiger partial charge is 0.355 e. The molecule has 3 rings (SSSR count). The normalized spacial score (nSPS) is 11.7. The minimum atomic E-state index is -0.288. The summed E-state index contributed by atoms with van der Waals surface area (Å²) in [5.74, 6) is 0.0548. The number of nitrogens with zero attached hydrogens (tertiary/aromatic N) is 2. The van der Waals surface area contributed by atoms with Gasteiger partial charge in [0, 0.05) is 25.1 Å². The molecule has 168 valence electrons. The Morgan fingerprint density at radius 1 is 1.06 bits per heavy atom. The van der Waals surface area contributed by atoms with Crippen LogP contribution in [0.4, 0.5) is 9.52 Å². The highest BCUT2D eigenvalue weighted by Crippen LogP contribution is 2.29. The fourth-order valence-corrected chi connectivity index (χ4v) is 4.75. The van der Waals surface area contributed by atoms with Gasteiger partial charge in [-0.1, -0.05) is 66.4 Å². The molecule has 1 heterocycles. The third-order valence-corrected chi connectivity index (χ3v) is 6.91. The van der Waals surface area contributed by atoms with Gasteiger partial charge in [0.25, 0.3) is 0 Å². The van der Waals surface area contributed by atoms with Crippen molar-refractivity contribution >= 4 is 40.0 Å². The van der Waals surface area contributed by atoms with Gasteiger partial charge in [-0.3, -0.25) is 9.59 Å². The van der Waals surface area contributed by atoms with E-state index in [1.54, 1.807) is 23.9 Å². The highest BCUT2D eigenvalue weighted by molar-refractivity contribution is 8.00. The van der Waals surface area contributed by atoms with Crippen molar-refractivity contribution in [1.29, 1.82) is 0 Å². The maximum atomic E-state index is 13.0. The van der Waals surface area contributed by atoms with E-state index < -0.39 is 0 Å². The van der Waals surface area contributed by atoms with Crippen molar-refractivity contribution in [1.82, 2.24) is 15.5 Å². The van der Waals surface area contributed by atoms with Gasteiger partial charge in [0.15, 0.2) is 4.34 Å². The standard InChI is InChI=1S/C23H25FN4O2S2/c1-15-5-3-4-6-18(15)14-31-23-28-27-22(32-23)26-21(30)12-11-20(29)25-13-16(2)17-7-9-19(24)10-8-17/h3-10,16H,11-14H2,1-2H3,(H,25,29)(H,26,27,30). The SMILES string of the molecule is Cc1ccccc1CSc1nnc(NC(=O)CCC(=O)NCC(C)c2ccc(F)cc2)s1. The second kappa shape index (κ2) is 11.7. The number of anilines is 1. The fraction of sp³-hybridized carbons (Fsp3) is 0.304. The minimum absolute atomic E-state index is 0.0466. The van der Waals surface area contributed by atoms with Gasteiger partial charge < -0.3 is 10.6 Å². The number of thioether (sulfide) groups is 1. The van der Waals surface area contributed by atoms with E-state index in [9.17, 15) is 14.0 Å². The summed E-state index contributed by atoms with van der Waals surface area (Å²) >= 11 is 2.89. The first-order valence-electron chi connectivity index (χ1n) is 10.2. The molecule has 32 heavy (non-hydrogen) atoms. The number of aromatic nitrogens is 2. The van der Waals surface area contributed by atoms with E-state index in [1.165, 1.54) is 34.6 Å². The van der Waals surface area contributed by atoms with Crippen molar-refractivity contribution in [3.8, 4) is 0 Å². The lowest BCUT2D eigenvalue weighted by Crippen LogP contribution is -2.28. The van der Waals surface area contributed by atoms with Crippen molar-refractivity contribution in [3.05, 3.63) is 71.0 Å². The first kappa shape index (κ1) is 23.9. The summed E-state index contributed by atoms with van der Waals surface area (Å²) in [6, 6.07) is 14.4. The average Bonchev–Trinajstić information content (AvgIpc) is 3.23. The van der Waals surface area contributed by atoms with Crippen LogP contribution in [-0.4, -0.2) is 28.6 Å². The van der Waals surface area contributed by atoms with Gasteiger partial charge in [-0.2, -0.15) is 0 Å². The molecule has 0 bridgehead atoms. The van der Waals surface area contributed by atoms with E-state index in [4.69, 9.17) is 0 Å². The summed E-state index contributed by atoms with van der Waals surface area (Å²) in [4.78, 5) is 24.2. The summed E-state index contributed by atoms with van der Waals surface area (Å²) in [6.07, 6.45) is 0.137. The summed E-state index contributed by atoms with van der Waals surface area (Å²) < 4.78 is 13.8. The van der Waals surface area contributed by atoms with Crippen LogP contribution < -0.4 is 10.6 Å². The van der Waals surface area contributed by atoms with Crippen LogP contribution in [0.15, 0.2) is 52.9 Å². The van der Waals surface area contributed by atoms with Crippen LogP contribution in [0, 0.1) is 12.7 Å². The third-order valence-electron chi connectivity index (χ3n) is 4.89. The fourth-order valence-electron chi connectivity index (χ4n) is 2.90. The molecule has 2 amide bonds. The monoisotopic (exact) mass is 472 g/mol. The van der Waals surface area contributed by atoms with Crippen LogP contribution >= 0.6 is 23.1 Å². The van der Waals surface area contributed by atoms with E-state index in [0.717, 1.165) is 15.7 Å². The number of carbonyl (C=O) groups is 2. The Balaban J connectivity index is 1.37. The molecule has 0 spiro atoms. The first-order chi connectivity index (χ1) is 15.4. The number of halogens is 1. The summed E-state index contributed by atoms with van der Waals surface area (Å²) in [5.41, 5.74) is 3.40. The second-order valence-corrected chi connectivity index (χ2v) is 9.59. The van der Waals surface area contributed by atoms with Gasteiger partial charge >= 0.3 is 0 Å². The van der Waals surface area contributed by atoms with Crippen LogP contribution in [0.3, 0.4) is 0 Å². The van der Waals surface area contributed by atoms with E-state index >= 15 is 0 Å². The maximum Gasteiger partial charge on any atom is 0.226 e. The molecule has 1 unspecified atom stereocenters. The molecular formula is C23H25FN4O2S2. The van der Waals surface area contributed by atoms with Gasteiger partial charge in [0.2, 0.25) is 16.9 Å². The molecule has 1 atom stereocenters. The van der Waals surface area contributed by atoms with Crippen LogP contribution in [0.25, 0.3) is 0 Å². The third kappa shape index (κ3) is 7.42. The first-order valence-corrected chi connectivity index (χ1v) is 12.0. The number of hydrogen-bond donors (Lipinski definition) is 2. The summed E-state index contributed by atoms with van der Waals surface area (Å²) in [6.45, 7) is 4.44. The molecule has 6 nitrogen and oxygen atoms in total. The Bertz CT molecular complexity index is 1060. The Labute approximate surface area is 195 Å². The van der Waals surface area contributed by atoms with Gasteiger partial charge in [-0.05, 0) is 41.7 Å². The van der Waals surface area contributed by atoms with Crippen molar-refractivity contribution < 1.29 is 14.0 Å². The lowest BCUT2D eigenvalue weighted by Gasteiger charge is -2.13. The van der Waals surface area contributed by atoms with Crippen LogP contribution in [0.2, 0.25) is 0 Å². The molecule has 0 saturated carbocycles. The van der Waals surface area contributed by atoms with Crippen LogP contribution in [-0.2, 0) is 15.3 Å². The summed E-state index contributed by atoms with van der Waals surface area (Å²) in [5, 5.41) is 14.1. The van der Waals surface area contributed by atoms with E-state index in [0.29, 0.717) is 11.7 Å². The molecule has 0 saturated heterocycles. The van der Waals surface area contributed by atoms with Crippen molar-refractivity contribution in [2.24, 2.45) is 0 Å². The molecule has 0 aliphatic heterocycles. The number of benzene rings is 2. The molecule has 0 aliphatic carbocycles. The van der Waals surface area contributed by atoms with Crippen LogP contribution in [0.5, 0.6) is 0 Å². The van der Waals surface area contributed by atoms with Crippen molar-refractivity contribution in [3.63, 3.8) is 0 Å². The predicted molar refractivity (Wildman–Crippen MR) is 126 cm³/mol. The van der Waals surface area contributed by atoms with E-state index in [2.05, 4.69) is 39.9 Å². The molecule has 3 aromatic rings. The Hall–Kier alpha value is -2.78. The molecule has 1 aromatic heterocycles. The zero-order valence-electron chi connectivity index (χ0n) is 17.9. The molecule has 2 N–H and O–H groups in total. The minimum Gasteiger partial charge on any atom is -0.355 e. The summed E-state index contributed by atoms with van der Waals surface area (Å²) in [7, 11) is 0. The highest BCUT2D eigenvalue weighted by Gasteiger charge is 2.12. The highest BCUT2D eigenvalue weighted by atomic mass is 32.2. The molecule has 2 aromatic carbocycles. The van der Waals surface area contributed by atoms with Gasteiger partial charge in [-0.15, -0.1) is 10.2 Å². The average molecular weight is 473 g/mol. The number of nitrogens with one attached hydrogen (secondary N) is 2. The predicted octanol–water partition coefficient (Wildman–Crippen LogP) is 4.92. The smallest absolute Gasteiger partial charge is 0.226 e. The Morgan fingerprint density at radius 3 is 2.53 bits per heavy atom. The van der Waals surface area contributed by atoms with Crippen LogP contribution in [0.1, 0.15) is 42.4 Å². The zero-order chi connectivity index (χ0) is 22.9. The Morgan fingerprint density at radius 2 is 1.78 bits per heavy atom. The number of aryl methyl sites for hydroxylation is 1. The lowest BCUT2D eigenvalue weighted by molar-refractivity contribution is -0.124.